The molecular formula is C25H32FN3O6S2. The number of sulfonamides is 2. The number of benzene rings is 2. The summed E-state index contributed by atoms with van der Waals surface area (Å²) in [4.78, 5) is 12.8. The Hall–Kier alpha value is -2.54. The van der Waals surface area contributed by atoms with E-state index in [1.54, 1.807) is 24.3 Å². The molecule has 9 nitrogen and oxygen atoms in total. The second kappa shape index (κ2) is 11.5. The lowest BCUT2D eigenvalue weighted by atomic mass is 9.99. The van der Waals surface area contributed by atoms with Crippen molar-refractivity contribution in [2.45, 2.75) is 41.9 Å². The van der Waals surface area contributed by atoms with E-state index in [0.29, 0.717) is 38.9 Å². The molecule has 2 aliphatic rings. The van der Waals surface area contributed by atoms with Crippen LogP contribution in [0.4, 0.5) is 4.39 Å². The Labute approximate surface area is 217 Å². The maximum absolute atomic E-state index is 13.8. The molecule has 2 aromatic rings. The van der Waals surface area contributed by atoms with Crippen molar-refractivity contribution in [2.24, 2.45) is 5.92 Å². The molecule has 2 aromatic carbocycles. The van der Waals surface area contributed by atoms with Crippen LogP contribution in [0.1, 0.15) is 31.2 Å². The summed E-state index contributed by atoms with van der Waals surface area (Å²) < 4.78 is 73.3. The molecule has 2 fully saturated rings. The third-order valence-electron chi connectivity index (χ3n) is 6.84. The third-order valence-corrected chi connectivity index (χ3v) is 10.6. The number of rotatable bonds is 9. The third kappa shape index (κ3) is 6.14. The number of carbonyl (C=O) groups excluding carboxylic acids is 1. The van der Waals surface area contributed by atoms with Gasteiger partial charge in [-0.25, -0.2) is 21.2 Å². The van der Waals surface area contributed by atoms with Gasteiger partial charge in [0.1, 0.15) is 16.5 Å². The van der Waals surface area contributed by atoms with E-state index >= 15 is 0 Å². The van der Waals surface area contributed by atoms with Gasteiger partial charge in [0, 0.05) is 32.7 Å². The van der Waals surface area contributed by atoms with Gasteiger partial charge in [-0.15, -0.1) is 0 Å². The Bertz CT molecular complexity index is 1330. The molecule has 0 bridgehead atoms. The smallest absolute Gasteiger partial charge is 0.246 e. The van der Waals surface area contributed by atoms with Gasteiger partial charge >= 0.3 is 0 Å². The molecular weight excluding hydrogens is 521 g/mol. The van der Waals surface area contributed by atoms with Gasteiger partial charge in [0.2, 0.25) is 26.0 Å². The molecule has 0 aliphatic carbocycles. The Kier molecular flexibility index (Phi) is 8.52. The molecule has 2 saturated heterocycles. The molecule has 2 aliphatic heterocycles. The van der Waals surface area contributed by atoms with Crippen molar-refractivity contribution in [1.29, 1.82) is 0 Å². The first-order chi connectivity index (χ1) is 17.6. The van der Waals surface area contributed by atoms with Gasteiger partial charge in [0.15, 0.2) is 0 Å². The molecule has 0 spiro atoms. The minimum Gasteiger partial charge on any atom is -0.495 e. The van der Waals surface area contributed by atoms with Gasteiger partial charge in [-0.1, -0.05) is 12.1 Å². The largest absolute Gasteiger partial charge is 0.495 e. The van der Waals surface area contributed by atoms with Gasteiger partial charge in [0.05, 0.1) is 17.9 Å². The summed E-state index contributed by atoms with van der Waals surface area (Å²) in [7, 11) is -6.19. The first-order valence-electron chi connectivity index (χ1n) is 12.3. The quantitative estimate of drug-likeness (QED) is 0.510. The fourth-order valence-electron chi connectivity index (χ4n) is 4.75. The van der Waals surface area contributed by atoms with E-state index in [2.05, 4.69) is 5.32 Å². The minimum absolute atomic E-state index is 0.00308. The zero-order valence-electron chi connectivity index (χ0n) is 20.7. The van der Waals surface area contributed by atoms with E-state index in [9.17, 15) is 26.0 Å². The number of nitrogens with one attached hydrogen (secondary N) is 1. The van der Waals surface area contributed by atoms with E-state index in [1.165, 1.54) is 21.8 Å². The van der Waals surface area contributed by atoms with Gasteiger partial charge in [0.25, 0.3) is 0 Å². The molecule has 1 N–H and O–H groups in total. The number of ether oxygens (including phenoxy) is 1. The summed E-state index contributed by atoms with van der Waals surface area (Å²) >= 11 is 0. The highest BCUT2D eigenvalue weighted by molar-refractivity contribution is 7.89. The van der Waals surface area contributed by atoms with Crippen LogP contribution in [0, 0.1) is 11.7 Å². The zero-order chi connectivity index (χ0) is 26.6. The number of methoxy groups -OCH3 is 1. The second-order valence-corrected chi connectivity index (χ2v) is 13.1. The van der Waals surface area contributed by atoms with Crippen LogP contribution in [0.2, 0.25) is 0 Å². The average Bonchev–Trinajstić information content (AvgIpc) is 3.45. The summed E-state index contributed by atoms with van der Waals surface area (Å²) in [5.74, 6) is -1.42. The van der Waals surface area contributed by atoms with Gasteiger partial charge in [-0.3, -0.25) is 4.79 Å². The van der Waals surface area contributed by atoms with E-state index in [0.717, 1.165) is 30.5 Å². The number of carbonyl (C=O) groups is 1. The van der Waals surface area contributed by atoms with Crippen LogP contribution in [0.25, 0.3) is 0 Å². The summed E-state index contributed by atoms with van der Waals surface area (Å²) in [5.41, 5.74) is 0.881. The van der Waals surface area contributed by atoms with Crippen molar-refractivity contribution in [2.75, 3.05) is 39.8 Å². The normalized spacial score (nSPS) is 19.6. The lowest BCUT2D eigenvalue weighted by Gasteiger charge is -2.31. The Morgan fingerprint density at radius 3 is 2.32 bits per heavy atom. The maximum Gasteiger partial charge on any atom is 0.246 e. The van der Waals surface area contributed by atoms with Gasteiger partial charge in [-0.05, 0) is 68.0 Å². The fraction of sp³-hybridized carbons (Fsp3) is 0.480. The Balaban J connectivity index is 1.33. The van der Waals surface area contributed by atoms with Crippen molar-refractivity contribution in [3.8, 4) is 5.75 Å². The molecule has 0 unspecified atom stereocenters. The van der Waals surface area contributed by atoms with Crippen LogP contribution in [0.3, 0.4) is 0 Å². The predicted molar refractivity (Wildman–Crippen MR) is 136 cm³/mol. The number of hydrogen-bond donors (Lipinski definition) is 1. The van der Waals surface area contributed by atoms with Crippen molar-refractivity contribution in [3.05, 3.63) is 53.8 Å². The van der Waals surface area contributed by atoms with E-state index in [1.807, 2.05) is 0 Å². The van der Waals surface area contributed by atoms with E-state index in [-0.39, 0.29) is 34.5 Å². The van der Waals surface area contributed by atoms with Crippen LogP contribution < -0.4 is 10.1 Å². The first-order valence-corrected chi connectivity index (χ1v) is 15.2. The number of amides is 1. The lowest BCUT2D eigenvalue weighted by Crippen LogP contribution is -2.45. The molecule has 0 radical (unpaired) electrons. The second-order valence-electron chi connectivity index (χ2n) is 9.29. The Morgan fingerprint density at radius 2 is 1.65 bits per heavy atom. The average molecular weight is 554 g/mol. The van der Waals surface area contributed by atoms with Crippen molar-refractivity contribution < 1.29 is 30.8 Å². The summed E-state index contributed by atoms with van der Waals surface area (Å²) in [6.07, 6.45) is 3.30. The summed E-state index contributed by atoms with van der Waals surface area (Å²) in [6, 6.07) is 10.0. The van der Waals surface area contributed by atoms with Crippen molar-refractivity contribution in [1.82, 2.24) is 13.9 Å². The minimum atomic E-state index is -4.04. The van der Waals surface area contributed by atoms with Crippen molar-refractivity contribution >= 4 is 26.0 Å². The highest BCUT2D eigenvalue weighted by Crippen LogP contribution is 2.30. The first kappa shape index (κ1) is 27.5. The van der Waals surface area contributed by atoms with Gasteiger partial charge < -0.3 is 10.1 Å². The summed E-state index contributed by atoms with van der Waals surface area (Å²) in [5, 5.41) is 2.86. The molecule has 1 amide bonds. The standard InChI is InChI=1S/C25H32FN3O6S2/c1-35-23-11-8-21(26)17-24(23)37(33,34)29-16-4-5-20(18-29)25(30)27-13-12-19-6-9-22(10-7-19)36(31,32)28-14-2-3-15-28/h6-11,17,20H,2-5,12-16,18H2,1H3,(H,27,30)/t20-/m1/s1. The van der Waals surface area contributed by atoms with E-state index < -0.39 is 31.8 Å². The molecule has 0 aromatic heterocycles. The number of halogens is 1. The molecule has 0 saturated carbocycles. The van der Waals surface area contributed by atoms with Crippen LogP contribution in [0.5, 0.6) is 5.75 Å². The molecule has 1 atom stereocenters. The monoisotopic (exact) mass is 553 g/mol. The van der Waals surface area contributed by atoms with Gasteiger partial charge in [-0.2, -0.15) is 8.61 Å². The number of piperidine rings is 1. The lowest BCUT2D eigenvalue weighted by molar-refractivity contribution is -0.126. The fourth-order valence-corrected chi connectivity index (χ4v) is 7.95. The number of hydrogen-bond acceptors (Lipinski definition) is 6. The van der Waals surface area contributed by atoms with Crippen LogP contribution in [-0.4, -0.2) is 71.2 Å². The molecule has 12 heteroatoms. The Morgan fingerprint density at radius 1 is 0.973 bits per heavy atom. The predicted octanol–water partition coefficient (Wildman–Crippen LogP) is 2.38. The highest BCUT2D eigenvalue weighted by Gasteiger charge is 2.35. The molecule has 4 rings (SSSR count). The maximum atomic E-state index is 13.8. The van der Waals surface area contributed by atoms with E-state index in [4.69, 9.17) is 4.74 Å². The highest BCUT2D eigenvalue weighted by atomic mass is 32.2. The van der Waals surface area contributed by atoms with Crippen LogP contribution in [-0.2, 0) is 31.3 Å². The molecule has 37 heavy (non-hydrogen) atoms. The molecule has 202 valence electrons. The summed E-state index contributed by atoms with van der Waals surface area (Å²) in [6.45, 7) is 1.66. The SMILES string of the molecule is COc1ccc(F)cc1S(=O)(=O)N1CCC[C@@H](C(=O)NCCc2ccc(S(=O)(=O)N3CCCC3)cc2)C1. The number of nitrogens with zero attached hydrogens (tertiary/aromatic N) is 2. The zero-order valence-corrected chi connectivity index (χ0v) is 22.4. The van der Waals surface area contributed by atoms with Crippen LogP contribution in [0.15, 0.2) is 52.3 Å². The van der Waals surface area contributed by atoms with Crippen LogP contribution >= 0.6 is 0 Å². The van der Waals surface area contributed by atoms with Crippen molar-refractivity contribution in [3.63, 3.8) is 0 Å². The topological polar surface area (TPSA) is 113 Å². The molecule has 2 heterocycles.